The smallest absolute Gasteiger partial charge is 0.227 e. The quantitative estimate of drug-likeness (QED) is 0.833. The van der Waals surface area contributed by atoms with E-state index in [-0.39, 0.29) is 5.91 Å². The molecule has 0 bridgehead atoms. The van der Waals surface area contributed by atoms with Crippen molar-refractivity contribution < 1.29 is 9.32 Å². The third-order valence-corrected chi connectivity index (χ3v) is 5.15. The number of amides is 1. The van der Waals surface area contributed by atoms with Crippen molar-refractivity contribution in [3.05, 3.63) is 17.0 Å². The van der Waals surface area contributed by atoms with Gasteiger partial charge in [-0.25, -0.2) is 0 Å². The fraction of sp³-hybridized carbons (Fsp3) is 0.750. The van der Waals surface area contributed by atoms with Crippen LogP contribution in [0.25, 0.3) is 0 Å². The van der Waals surface area contributed by atoms with Crippen LogP contribution in [0.3, 0.4) is 0 Å². The molecule has 116 valence electrons. The molecule has 0 N–H and O–H groups in total. The molecule has 1 atom stereocenters. The summed E-state index contributed by atoms with van der Waals surface area (Å²) in [5.74, 6) is 0.988. The summed E-state index contributed by atoms with van der Waals surface area (Å²) in [4.78, 5) is 17.0. The van der Waals surface area contributed by atoms with Crippen molar-refractivity contribution >= 4 is 5.91 Å². The molecule has 1 aromatic heterocycles. The number of piperidine rings is 1. The van der Waals surface area contributed by atoms with Gasteiger partial charge in [-0.2, -0.15) is 0 Å². The molecule has 1 aromatic rings. The lowest BCUT2D eigenvalue weighted by Gasteiger charge is -2.38. The van der Waals surface area contributed by atoms with Gasteiger partial charge in [0, 0.05) is 30.6 Å². The van der Waals surface area contributed by atoms with Gasteiger partial charge >= 0.3 is 0 Å². The zero-order valence-electron chi connectivity index (χ0n) is 13.3. The van der Waals surface area contributed by atoms with Gasteiger partial charge in [0.25, 0.3) is 0 Å². The molecular weight excluding hydrogens is 266 g/mol. The molecular formula is C16H25N3O2. The minimum Gasteiger partial charge on any atom is -0.361 e. The van der Waals surface area contributed by atoms with Crippen molar-refractivity contribution in [1.82, 2.24) is 15.0 Å². The highest BCUT2D eigenvalue weighted by Gasteiger charge is 2.42. The maximum Gasteiger partial charge on any atom is 0.227 e. The first-order valence-corrected chi connectivity index (χ1v) is 7.87. The number of aryl methyl sites for hydroxylation is 2. The molecule has 5 nitrogen and oxygen atoms in total. The van der Waals surface area contributed by atoms with Crippen LogP contribution in [0.1, 0.15) is 36.3 Å². The molecule has 3 heterocycles. The van der Waals surface area contributed by atoms with Gasteiger partial charge in [0.15, 0.2) is 0 Å². The third-order valence-electron chi connectivity index (χ3n) is 5.15. The van der Waals surface area contributed by atoms with E-state index in [0.717, 1.165) is 43.1 Å². The maximum absolute atomic E-state index is 12.6. The number of hydrogen-bond acceptors (Lipinski definition) is 4. The van der Waals surface area contributed by atoms with Crippen molar-refractivity contribution in [3.63, 3.8) is 0 Å². The van der Waals surface area contributed by atoms with Gasteiger partial charge in [-0.05, 0) is 46.7 Å². The van der Waals surface area contributed by atoms with Crippen molar-refractivity contribution in [2.24, 2.45) is 5.41 Å². The summed E-state index contributed by atoms with van der Waals surface area (Å²) in [5, 5.41) is 3.94. The van der Waals surface area contributed by atoms with Gasteiger partial charge in [-0.1, -0.05) is 5.16 Å². The Bertz CT molecular complexity index is 520. The lowest BCUT2D eigenvalue weighted by atomic mass is 9.79. The first-order chi connectivity index (χ1) is 9.99. The van der Waals surface area contributed by atoms with Crippen LogP contribution in [-0.2, 0) is 11.2 Å². The first-order valence-electron chi connectivity index (χ1n) is 7.87. The summed E-state index contributed by atoms with van der Waals surface area (Å²) in [6.45, 7) is 7.91. The molecule has 21 heavy (non-hydrogen) atoms. The van der Waals surface area contributed by atoms with Crippen molar-refractivity contribution in [2.45, 2.75) is 39.5 Å². The minimum absolute atomic E-state index is 0.217. The molecule has 0 radical (unpaired) electrons. The SMILES string of the molecule is Cc1noc(C)c1CC(=O)N1CCC2(CCCN(C)C2)C1. The topological polar surface area (TPSA) is 49.6 Å². The number of nitrogens with zero attached hydrogens (tertiary/aromatic N) is 3. The third kappa shape index (κ3) is 2.84. The van der Waals surface area contributed by atoms with E-state index in [2.05, 4.69) is 17.1 Å². The van der Waals surface area contributed by atoms with Crippen LogP contribution in [0.4, 0.5) is 0 Å². The highest BCUT2D eigenvalue weighted by molar-refractivity contribution is 5.79. The number of aromatic nitrogens is 1. The molecule has 5 heteroatoms. The van der Waals surface area contributed by atoms with Gasteiger partial charge in [0.1, 0.15) is 5.76 Å². The Morgan fingerprint density at radius 1 is 1.29 bits per heavy atom. The number of rotatable bonds is 2. The number of carbonyl (C=O) groups is 1. The van der Waals surface area contributed by atoms with Crippen LogP contribution in [0, 0.1) is 19.3 Å². The predicted molar refractivity (Wildman–Crippen MR) is 80.0 cm³/mol. The Morgan fingerprint density at radius 3 is 2.76 bits per heavy atom. The highest BCUT2D eigenvalue weighted by atomic mass is 16.5. The molecule has 2 aliphatic rings. The maximum atomic E-state index is 12.6. The highest BCUT2D eigenvalue weighted by Crippen LogP contribution is 2.38. The fourth-order valence-corrected chi connectivity index (χ4v) is 3.95. The summed E-state index contributed by atoms with van der Waals surface area (Å²) in [5.41, 5.74) is 2.13. The standard InChI is InChI=1S/C16H25N3O2/c1-12-14(13(2)21-17-12)9-15(20)19-8-6-16(11-19)5-4-7-18(3)10-16/h4-11H2,1-3H3. The summed E-state index contributed by atoms with van der Waals surface area (Å²) in [6.07, 6.45) is 4.08. The van der Waals surface area contributed by atoms with E-state index < -0.39 is 0 Å². The van der Waals surface area contributed by atoms with E-state index in [4.69, 9.17) is 4.52 Å². The lowest BCUT2D eigenvalue weighted by Crippen LogP contribution is -2.43. The van der Waals surface area contributed by atoms with E-state index in [0.29, 0.717) is 11.8 Å². The van der Waals surface area contributed by atoms with E-state index in [1.807, 2.05) is 18.7 Å². The van der Waals surface area contributed by atoms with E-state index >= 15 is 0 Å². The van der Waals surface area contributed by atoms with E-state index in [9.17, 15) is 4.79 Å². The summed E-state index contributed by atoms with van der Waals surface area (Å²) >= 11 is 0. The molecule has 0 aromatic carbocycles. The molecule has 0 aliphatic carbocycles. The van der Waals surface area contributed by atoms with Gasteiger partial charge in [-0.15, -0.1) is 0 Å². The largest absolute Gasteiger partial charge is 0.361 e. The average Bonchev–Trinajstić information content (AvgIpc) is 2.97. The first kappa shape index (κ1) is 14.6. The Hall–Kier alpha value is -1.36. The number of carbonyl (C=O) groups excluding carboxylic acids is 1. The summed E-state index contributed by atoms with van der Waals surface area (Å²) < 4.78 is 5.16. The fourth-order valence-electron chi connectivity index (χ4n) is 3.95. The van der Waals surface area contributed by atoms with Gasteiger partial charge in [0.2, 0.25) is 5.91 Å². The molecule has 2 saturated heterocycles. The lowest BCUT2D eigenvalue weighted by molar-refractivity contribution is -0.130. The predicted octanol–water partition coefficient (Wildman–Crippen LogP) is 1.78. The molecule has 1 unspecified atom stereocenters. The van der Waals surface area contributed by atoms with Crippen molar-refractivity contribution in [3.8, 4) is 0 Å². The van der Waals surface area contributed by atoms with Crippen molar-refractivity contribution in [2.75, 3.05) is 33.2 Å². The molecule has 2 fully saturated rings. The molecule has 0 saturated carbocycles. The second-order valence-electron chi connectivity index (χ2n) is 6.89. The Labute approximate surface area is 126 Å². The Balaban J connectivity index is 1.65. The van der Waals surface area contributed by atoms with Gasteiger partial charge in [-0.3, -0.25) is 4.79 Å². The minimum atomic E-state index is 0.217. The van der Waals surface area contributed by atoms with Gasteiger partial charge in [0.05, 0.1) is 12.1 Å². The van der Waals surface area contributed by atoms with Crippen LogP contribution in [-0.4, -0.2) is 54.1 Å². The Morgan fingerprint density at radius 2 is 2.10 bits per heavy atom. The zero-order chi connectivity index (χ0) is 15.0. The van der Waals surface area contributed by atoms with E-state index in [1.54, 1.807) is 0 Å². The molecule has 1 spiro atoms. The van der Waals surface area contributed by atoms with Crippen LogP contribution in [0.15, 0.2) is 4.52 Å². The molecule has 3 rings (SSSR count). The number of likely N-dealkylation sites (tertiary alicyclic amines) is 2. The van der Waals surface area contributed by atoms with Crippen LogP contribution >= 0.6 is 0 Å². The zero-order valence-corrected chi connectivity index (χ0v) is 13.3. The second-order valence-corrected chi connectivity index (χ2v) is 6.89. The van der Waals surface area contributed by atoms with Gasteiger partial charge < -0.3 is 14.3 Å². The average molecular weight is 291 g/mol. The van der Waals surface area contributed by atoms with Crippen LogP contribution in [0.5, 0.6) is 0 Å². The van der Waals surface area contributed by atoms with Crippen LogP contribution in [0.2, 0.25) is 0 Å². The summed E-state index contributed by atoms with van der Waals surface area (Å²) in [7, 11) is 2.19. The normalized spacial score (nSPS) is 26.7. The van der Waals surface area contributed by atoms with Crippen molar-refractivity contribution in [1.29, 1.82) is 0 Å². The summed E-state index contributed by atoms with van der Waals surface area (Å²) in [6, 6.07) is 0. The molecule has 2 aliphatic heterocycles. The number of hydrogen-bond donors (Lipinski definition) is 0. The Kier molecular flexibility index (Phi) is 3.78. The van der Waals surface area contributed by atoms with E-state index in [1.165, 1.54) is 19.4 Å². The monoisotopic (exact) mass is 291 g/mol. The second kappa shape index (κ2) is 5.44. The van der Waals surface area contributed by atoms with Crippen LogP contribution < -0.4 is 0 Å². The molecule has 1 amide bonds.